The molecule has 2 atom stereocenters. The molecule has 42 heavy (non-hydrogen) atoms. The van der Waals surface area contributed by atoms with Gasteiger partial charge in [0.05, 0.1) is 42.2 Å². The summed E-state index contributed by atoms with van der Waals surface area (Å²) in [7, 11) is 0. The van der Waals surface area contributed by atoms with E-state index in [4.69, 9.17) is 24.9 Å². The number of fused-ring (bicyclic) bond motifs is 5. The van der Waals surface area contributed by atoms with Crippen LogP contribution in [0.25, 0.3) is 22.3 Å². The fourth-order valence-electron chi connectivity index (χ4n) is 5.30. The van der Waals surface area contributed by atoms with E-state index in [1.165, 1.54) is 0 Å². The van der Waals surface area contributed by atoms with Crippen molar-refractivity contribution in [3.63, 3.8) is 0 Å². The van der Waals surface area contributed by atoms with Gasteiger partial charge in [-0.25, -0.2) is 9.78 Å². The zero-order valence-corrected chi connectivity index (χ0v) is 24.2. The maximum Gasteiger partial charge on any atom is 0.343 e. The molecule has 0 bridgehead atoms. The average Bonchev–Trinajstić information content (AvgIpc) is 3.29. The Morgan fingerprint density at radius 3 is 2.76 bits per heavy atom. The highest BCUT2D eigenvalue weighted by molar-refractivity contribution is 5.89. The molecule has 2 aromatic heterocycles. The molecule has 224 valence electrons. The van der Waals surface area contributed by atoms with Gasteiger partial charge in [-0.3, -0.25) is 9.59 Å². The summed E-state index contributed by atoms with van der Waals surface area (Å²) in [6, 6.07) is 5.96. The predicted molar refractivity (Wildman–Crippen MR) is 153 cm³/mol. The maximum atomic E-state index is 13.4. The molecular weight excluding hydrogens is 544 g/mol. The number of nitrogens with two attached hydrogens (primary N) is 1. The van der Waals surface area contributed by atoms with E-state index in [0.717, 1.165) is 10.9 Å². The minimum atomic E-state index is -1.89. The van der Waals surface area contributed by atoms with Crippen LogP contribution in [0.2, 0.25) is 0 Å². The highest BCUT2D eigenvalue weighted by atomic mass is 16.6. The van der Waals surface area contributed by atoms with Gasteiger partial charge < -0.3 is 40.0 Å². The minimum absolute atomic E-state index is 0.0193. The molecule has 0 amide bonds. The van der Waals surface area contributed by atoms with E-state index in [0.29, 0.717) is 35.6 Å². The number of cyclic esters (lactones) is 1. The zero-order chi connectivity index (χ0) is 30.4. The van der Waals surface area contributed by atoms with Crippen LogP contribution in [0, 0.1) is 0 Å². The number of nitrogens with one attached hydrogen (secondary N) is 1. The summed E-state index contributed by atoms with van der Waals surface area (Å²) in [4.78, 5) is 42.6. The lowest BCUT2D eigenvalue weighted by Gasteiger charge is -2.31. The molecule has 0 saturated heterocycles. The first-order valence-electron chi connectivity index (χ1n) is 13.9. The van der Waals surface area contributed by atoms with Gasteiger partial charge in [0.15, 0.2) is 5.60 Å². The third kappa shape index (κ3) is 5.38. The third-order valence-corrected chi connectivity index (χ3v) is 7.51. The van der Waals surface area contributed by atoms with Gasteiger partial charge in [0.25, 0.3) is 5.56 Å². The number of phenolic OH excluding ortho intramolecular Hbond substituents is 1. The number of carbonyl (C=O) groups excluding carboxylic acids is 2. The summed E-state index contributed by atoms with van der Waals surface area (Å²) in [6.45, 7) is 8.09. The van der Waals surface area contributed by atoms with Crippen LogP contribution in [0.3, 0.4) is 0 Å². The van der Waals surface area contributed by atoms with Gasteiger partial charge in [-0.1, -0.05) is 6.92 Å². The van der Waals surface area contributed by atoms with Crippen molar-refractivity contribution in [1.29, 1.82) is 0 Å². The van der Waals surface area contributed by atoms with Gasteiger partial charge in [-0.05, 0) is 51.5 Å². The van der Waals surface area contributed by atoms with Crippen LogP contribution < -0.4 is 16.6 Å². The topological polar surface area (TPSA) is 175 Å². The lowest BCUT2D eigenvalue weighted by molar-refractivity contribution is -0.172. The van der Waals surface area contributed by atoms with Crippen molar-refractivity contribution in [1.82, 2.24) is 14.9 Å². The zero-order valence-electron chi connectivity index (χ0n) is 24.2. The molecule has 2 unspecified atom stereocenters. The number of aliphatic hydroxyl groups is 1. The Balaban J connectivity index is 1.32. The Bertz CT molecular complexity index is 1630. The van der Waals surface area contributed by atoms with Crippen LogP contribution >= 0.6 is 0 Å². The lowest BCUT2D eigenvalue weighted by atomic mass is 9.86. The number of hydrogen-bond acceptors (Lipinski definition) is 11. The van der Waals surface area contributed by atoms with Crippen molar-refractivity contribution in [2.24, 2.45) is 5.73 Å². The normalized spacial score (nSPS) is 18.3. The van der Waals surface area contributed by atoms with E-state index < -0.39 is 29.2 Å². The van der Waals surface area contributed by atoms with Crippen LogP contribution in [0.5, 0.6) is 5.75 Å². The van der Waals surface area contributed by atoms with Gasteiger partial charge in [0, 0.05) is 35.2 Å². The highest BCUT2D eigenvalue weighted by Crippen LogP contribution is 2.39. The fourth-order valence-corrected chi connectivity index (χ4v) is 5.30. The Morgan fingerprint density at radius 2 is 2.05 bits per heavy atom. The van der Waals surface area contributed by atoms with Crippen LogP contribution in [0.4, 0.5) is 0 Å². The van der Waals surface area contributed by atoms with Crippen molar-refractivity contribution in [2.45, 2.75) is 71.1 Å². The summed E-state index contributed by atoms with van der Waals surface area (Å²) in [5.41, 5.74) is 6.65. The SMILES string of the molecule is CCC1(O)C(=O)OCc2c1cc1n(c2=O)Cc2cc3c(CNCCOCC(N)C(=O)OC(C)(C)C)c(O)ccc3nc2-1. The van der Waals surface area contributed by atoms with Crippen LogP contribution in [0.1, 0.15) is 56.4 Å². The minimum Gasteiger partial charge on any atom is -0.508 e. The van der Waals surface area contributed by atoms with E-state index in [1.54, 1.807) is 50.5 Å². The molecule has 5 rings (SSSR count). The van der Waals surface area contributed by atoms with Crippen LogP contribution in [0.15, 0.2) is 29.1 Å². The number of hydrogen-bond donors (Lipinski definition) is 4. The summed E-state index contributed by atoms with van der Waals surface area (Å²) in [5.74, 6) is -1.20. The van der Waals surface area contributed by atoms with E-state index in [9.17, 15) is 24.6 Å². The monoisotopic (exact) mass is 580 g/mol. The number of aromatic hydroxyl groups is 1. The Morgan fingerprint density at radius 1 is 1.29 bits per heavy atom. The molecule has 0 radical (unpaired) electrons. The molecular formula is C30H36N4O8. The van der Waals surface area contributed by atoms with Crippen molar-refractivity contribution < 1.29 is 34.0 Å². The summed E-state index contributed by atoms with van der Waals surface area (Å²) in [6.07, 6.45) is 0.0664. The number of pyridine rings is 2. The maximum absolute atomic E-state index is 13.4. The molecule has 1 aromatic carbocycles. The van der Waals surface area contributed by atoms with Crippen molar-refractivity contribution in [3.8, 4) is 17.1 Å². The number of nitrogens with zero attached hydrogens (tertiary/aromatic N) is 2. The molecule has 0 aliphatic carbocycles. The molecule has 12 heteroatoms. The second-order valence-electron chi connectivity index (χ2n) is 11.6. The third-order valence-electron chi connectivity index (χ3n) is 7.51. The largest absolute Gasteiger partial charge is 0.508 e. The molecule has 12 nitrogen and oxygen atoms in total. The fraction of sp³-hybridized carbons (Fsp3) is 0.467. The first-order chi connectivity index (χ1) is 19.8. The van der Waals surface area contributed by atoms with Crippen molar-refractivity contribution in [3.05, 3.63) is 56.9 Å². The molecule has 2 aliphatic rings. The number of aromatic nitrogens is 2. The number of esters is 2. The molecule has 5 N–H and O–H groups in total. The van der Waals surface area contributed by atoms with E-state index >= 15 is 0 Å². The molecule has 4 heterocycles. The van der Waals surface area contributed by atoms with Gasteiger partial charge in [-0.2, -0.15) is 0 Å². The summed E-state index contributed by atoms with van der Waals surface area (Å²) < 4.78 is 17.5. The quantitative estimate of drug-likeness (QED) is 0.167. The van der Waals surface area contributed by atoms with Crippen LogP contribution in [-0.2, 0) is 49.1 Å². The predicted octanol–water partition coefficient (Wildman–Crippen LogP) is 1.56. The standard InChI is InChI=1S/C30H36N4O8/c1-5-30(39)20-11-23-25-16(13-34(23)26(36)19(20)14-41-28(30)38)10-17-18(24(35)7-6-22(17)33-25)12-32-8-9-40-15-21(31)27(37)42-29(2,3)4/h6-7,10-11,21,32,35,39H,5,8-9,12-15,31H2,1-4H3. The molecule has 0 saturated carbocycles. The average molecular weight is 581 g/mol. The molecule has 2 aliphatic heterocycles. The molecule has 0 fully saturated rings. The molecule has 3 aromatic rings. The number of benzene rings is 1. The first kappa shape index (κ1) is 29.6. The second-order valence-corrected chi connectivity index (χ2v) is 11.6. The van der Waals surface area contributed by atoms with Crippen LogP contribution in [-0.4, -0.2) is 63.1 Å². The first-order valence-corrected chi connectivity index (χ1v) is 13.9. The number of phenols is 1. The van der Waals surface area contributed by atoms with Crippen molar-refractivity contribution >= 4 is 22.8 Å². The smallest absolute Gasteiger partial charge is 0.343 e. The second kappa shape index (κ2) is 11.1. The van der Waals surface area contributed by atoms with E-state index in [1.807, 2.05) is 6.07 Å². The lowest BCUT2D eigenvalue weighted by Crippen LogP contribution is -2.44. The van der Waals surface area contributed by atoms with Gasteiger partial charge in [-0.15, -0.1) is 0 Å². The Kier molecular flexibility index (Phi) is 7.84. The van der Waals surface area contributed by atoms with Crippen molar-refractivity contribution in [2.75, 3.05) is 19.8 Å². The van der Waals surface area contributed by atoms with Gasteiger partial charge in [0.1, 0.15) is 24.0 Å². The number of rotatable bonds is 9. The summed E-state index contributed by atoms with van der Waals surface area (Å²) >= 11 is 0. The Hall–Kier alpha value is -3.84. The number of carbonyl (C=O) groups is 2. The number of ether oxygens (including phenoxy) is 3. The Labute approximate surface area is 242 Å². The molecule has 0 spiro atoms. The van der Waals surface area contributed by atoms with Gasteiger partial charge in [0.2, 0.25) is 0 Å². The van der Waals surface area contributed by atoms with Gasteiger partial charge >= 0.3 is 11.9 Å². The van der Waals surface area contributed by atoms with E-state index in [-0.39, 0.29) is 55.2 Å². The summed E-state index contributed by atoms with van der Waals surface area (Å²) in [5, 5.41) is 25.7. The highest BCUT2D eigenvalue weighted by Gasteiger charge is 2.45. The van der Waals surface area contributed by atoms with E-state index in [2.05, 4.69) is 5.32 Å².